The fourth-order valence-corrected chi connectivity index (χ4v) is 5.20. The van der Waals surface area contributed by atoms with Crippen LogP contribution in [0.2, 0.25) is 0 Å². The molecule has 2 aromatic carbocycles. The lowest BCUT2D eigenvalue weighted by molar-refractivity contribution is -0.638. The average Bonchev–Trinajstić information content (AvgIpc) is 2.66. The second-order valence-corrected chi connectivity index (χ2v) is 9.70. The number of rotatable bonds is 4. The number of nitrogens with one attached hydrogen (secondary N) is 1. The van der Waals surface area contributed by atoms with E-state index in [1.54, 1.807) is 0 Å². The maximum absolute atomic E-state index is 12.5. The summed E-state index contributed by atoms with van der Waals surface area (Å²) in [7, 11) is 1.30. The first-order valence-electron chi connectivity index (χ1n) is 9.08. The van der Waals surface area contributed by atoms with Gasteiger partial charge >= 0.3 is 5.91 Å². The molecule has 1 aromatic heterocycles. The molecule has 0 aliphatic heterocycles. The van der Waals surface area contributed by atoms with E-state index in [1.807, 2.05) is 52.1 Å². The third-order valence-electron chi connectivity index (χ3n) is 4.39. The van der Waals surface area contributed by atoms with Gasteiger partial charge in [-0.3, -0.25) is 0 Å². The minimum absolute atomic E-state index is 0.0130. The molecule has 0 fully saturated rings. The van der Waals surface area contributed by atoms with Crippen molar-refractivity contribution in [3.8, 4) is 0 Å². The van der Waals surface area contributed by atoms with Crippen LogP contribution in [0.3, 0.4) is 0 Å². The van der Waals surface area contributed by atoms with E-state index in [9.17, 15) is 4.79 Å². The van der Waals surface area contributed by atoms with Gasteiger partial charge in [-0.25, -0.2) is 14.7 Å². The molecule has 0 aliphatic carbocycles. The molecule has 0 radical (unpaired) electrons. The number of pyridine rings is 1. The van der Waals surface area contributed by atoms with Gasteiger partial charge in [-0.15, -0.1) is 0 Å². The van der Waals surface area contributed by atoms with Gasteiger partial charge in [0.15, 0.2) is 0 Å². The van der Waals surface area contributed by atoms with Crippen molar-refractivity contribution in [1.29, 1.82) is 0 Å². The Bertz CT molecular complexity index is 879. The van der Waals surface area contributed by atoms with Gasteiger partial charge in [-0.05, 0) is 43.5 Å². The summed E-state index contributed by atoms with van der Waals surface area (Å²) in [6, 6.07) is 27.3. The molecule has 27 heavy (non-hydrogen) atoms. The minimum Gasteiger partial charge on any atom is -0.246 e. The number of hydrogen-bond acceptors (Lipinski definition) is 1. The van der Waals surface area contributed by atoms with Gasteiger partial charge in [0.1, 0.15) is 5.44 Å². The van der Waals surface area contributed by atoms with Crippen molar-refractivity contribution < 1.29 is 9.36 Å². The highest BCUT2D eigenvalue weighted by molar-refractivity contribution is 7.79. The second kappa shape index (κ2) is 8.02. The van der Waals surface area contributed by atoms with Crippen LogP contribution in [0.5, 0.6) is 0 Å². The zero-order chi connectivity index (χ0) is 19.4. The van der Waals surface area contributed by atoms with Gasteiger partial charge in [0.05, 0.1) is 12.5 Å². The fraction of sp³-hybridized carbons (Fsp3) is 0.217. The normalized spacial score (nSPS) is 11.4. The van der Waals surface area contributed by atoms with Crippen molar-refractivity contribution in [2.75, 3.05) is 5.32 Å². The van der Waals surface area contributed by atoms with E-state index in [0.29, 0.717) is 0 Å². The highest BCUT2D eigenvalue weighted by atomic mass is 31.1. The molecule has 1 heterocycles. The summed E-state index contributed by atoms with van der Waals surface area (Å²) in [5.41, 5.74) is 0.751. The van der Waals surface area contributed by atoms with Gasteiger partial charge in [0, 0.05) is 14.0 Å². The lowest BCUT2D eigenvalue weighted by Gasteiger charge is -2.20. The van der Waals surface area contributed by atoms with Crippen LogP contribution in [0, 0.1) is 5.41 Å². The zero-order valence-corrected chi connectivity index (χ0v) is 17.2. The van der Waals surface area contributed by atoms with Gasteiger partial charge in [-0.1, -0.05) is 60.7 Å². The van der Waals surface area contributed by atoms with Crippen molar-refractivity contribution in [2.45, 2.75) is 20.8 Å². The van der Waals surface area contributed by atoms with E-state index in [1.165, 1.54) is 16.0 Å². The van der Waals surface area contributed by atoms with Crippen molar-refractivity contribution in [2.24, 2.45) is 12.5 Å². The number of benzene rings is 2. The standard InChI is InChI=1S/C23H25N2OP/c1-23(2,3)22(26)24-20-16-11-17-21(25(20)4)27(18-12-7-5-8-13-18)19-14-9-6-10-15-19/h5-17H,1-4H3/p+1. The van der Waals surface area contributed by atoms with Crippen LogP contribution < -0.4 is 25.9 Å². The summed E-state index contributed by atoms with van der Waals surface area (Å²) in [6.07, 6.45) is 0. The van der Waals surface area contributed by atoms with Crippen LogP contribution in [0.1, 0.15) is 20.8 Å². The van der Waals surface area contributed by atoms with Gasteiger partial charge in [0.25, 0.3) is 5.82 Å². The molecular formula is C23H26N2OP+. The molecule has 0 bridgehead atoms. The second-order valence-electron chi connectivity index (χ2n) is 7.54. The highest BCUT2D eigenvalue weighted by Crippen LogP contribution is 2.31. The van der Waals surface area contributed by atoms with Crippen LogP contribution in [0.4, 0.5) is 5.82 Å². The molecule has 3 nitrogen and oxygen atoms in total. The van der Waals surface area contributed by atoms with Crippen molar-refractivity contribution in [1.82, 2.24) is 0 Å². The van der Waals surface area contributed by atoms with Crippen LogP contribution in [0.25, 0.3) is 0 Å². The zero-order valence-electron chi connectivity index (χ0n) is 16.3. The van der Waals surface area contributed by atoms with E-state index in [2.05, 4.69) is 64.5 Å². The summed E-state index contributed by atoms with van der Waals surface area (Å²) in [6.45, 7) is 5.77. The molecule has 3 rings (SSSR count). The first-order chi connectivity index (χ1) is 12.9. The van der Waals surface area contributed by atoms with E-state index in [0.717, 1.165) is 5.82 Å². The number of anilines is 1. The number of carbonyl (C=O) groups is 1. The van der Waals surface area contributed by atoms with E-state index in [4.69, 9.17) is 0 Å². The third-order valence-corrected chi connectivity index (χ3v) is 6.92. The SMILES string of the molecule is C[n+]1c(NC(=O)C(C)(C)C)cccc1P(c1ccccc1)c1ccccc1. The van der Waals surface area contributed by atoms with Crippen LogP contribution in [-0.2, 0) is 11.8 Å². The summed E-state index contributed by atoms with van der Waals surface area (Å²) >= 11 is 0. The lowest BCUT2D eigenvalue weighted by Crippen LogP contribution is -2.50. The Labute approximate surface area is 162 Å². The predicted octanol–water partition coefficient (Wildman–Crippen LogP) is 3.25. The molecule has 0 atom stereocenters. The van der Waals surface area contributed by atoms with E-state index < -0.39 is 13.3 Å². The first kappa shape index (κ1) is 19.3. The predicted molar refractivity (Wildman–Crippen MR) is 114 cm³/mol. The molecule has 0 saturated heterocycles. The number of aromatic nitrogens is 1. The highest BCUT2D eigenvalue weighted by Gasteiger charge is 2.29. The Kier molecular flexibility index (Phi) is 5.72. The Morgan fingerprint density at radius 3 is 1.81 bits per heavy atom. The Hall–Kier alpha value is -2.51. The van der Waals surface area contributed by atoms with Crippen LogP contribution >= 0.6 is 7.92 Å². The third kappa shape index (κ3) is 4.43. The number of nitrogens with zero attached hydrogens (tertiary/aromatic N) is 1. The number of carbonyl (C=O) groups excluding carboxylic acids is 1. The maximum atomic E-state index is 12.5. The minimum atomic E-state index is -0.724. The molecule has 1 N–H and O–H groups in total. The Morgan fingerprint density at radius 2 is 1.33 bits per heavy atom. The summed E-state index contributed by atoms with van der Waals surface area (Å²) in [5, 5.41) is 5.65. The molecule has 0 saturated carbocycles. The lowest BCUT2D eigenvalue weighted by atomic mass is 9.96. The Morgan fingerprint density at radius 1 is 0.815 bits per heavy atom. The van der Waals surface area contributed by atoms with Crippen molar-refractivity contribution in [3.63, 3.8) is 0 Å². The molecule has 0 spiro atoms. The van der Waals surface area contributed by atoms with Crippen molar-refractivity contribution >= 4 is 35.7 Å². The van der Waals surface area contributed by atoms with E-state index in [-0.39, 0.29) is 5.91 Å². The smallest absolute Gasteiger partial charge is 0.246 e. The first-order valence-corrected chi connectivity index (χ1v) is 10.4. The van der Waals surface area contributed by atoms with Crippen molar-refractivity contribution in [3.05, 3.63) is 78.9 Å². The van der Waals surface area contributed by atoms with Gasteiger partial charge in [-0.2, -0.15) is 0 Å². The molecule has 1 amide bonds. The topological polar surface area (TPSA) is 33.0 Å². The number of amides is 1. The molecule has 0 aliphatic rings. The summed E-state index contributed by atoms with van der Waals surface area (Å²) < 4.78 is 2.11. The van der Waals surface area contributed by atoms with Gasteiger partial charge < -0.3 is 0 Å². The molecule has 3 aromatic rings. The number of hydrogen-bond donors (Lipinski definition) is 1. The molecule has 4 heteroatoms. The average molecular weight is 377 g/mol. The largest absolute Gasteiger partial charge is 0.312 e. The monoisotopic (exact) mass is 377 g/mol. The Balaban J connectivity index is 2.08. The quantitative estimate of drug-likeness (QED) is 0.550. The van der Waals surface area contributed by atoms with Crippen LogP contribution in [-0.4, -0.2) is 5.91 Å². The van der Waals surface area contributed by atoms with E-state index >= 15 is 0 Å². The molecular weight excluding hydrogens is 351 g/mol. The van der Waals surface area contributed by atoms with Gasteiger partial charge in [0.2, 0.25) is 0 Å². The van der Waals surface area contributed by atoms with Crippen LogP contribution in [0.15, 0.2) is 78.9 Å². The fourth-order valence-electron chi connectivity index (χ4n) is 2.79. The summed E-state index contributed by atoms with van der Waals surface area (Å²) in [5.74, 6) is 0.825. The molecule has 0 unspecified atom stereocenters. The summed E-state index contributed by atoms with van der Waals surface area (Å²) in [4.78, 5) is 12.5. The molecule has 138 valence electrons. The maximum Gasteiger partial charge on any atom is 0.312 e.